The molecule has 1 N–H and O–H groups in total. The van der Waals surface area contributed by atoms with Gasteiger partial charge in [-0.25, -0.2) is 4.39 Å². The first kappa shape index (κ1) is 20.0. The molecule has 0 radical (unpaired) electrons. The molecule has 1 aromatic carbocycles. The zero-order valence-corrected chi connectivity index (χ0v) is 16.6. The number of amides is 3. The summed E-state index contributed by atoms with van der Waals surface area (Å²) in [4.78, 5) is 41.1. The lowest BCUT2D eigenvalue weighted by Gasteiger charge is -2.34. The molecule has 2 aromatic rings. The highest BCUT2D eigenvalue weighted by Gasteiger charge is 2.29. The van der Waals surface area contributed by atoms with Crippen LogP contribution in [0.3, 0.4) is 0 Å². The molecule has 1 fully saturated rings. The van der Waals surface area contributed by atoms with Gasteiger partial charge >= 0.3 is 11.8 Å². The first-order valence-corrected chi connectivity index (χ1v) is 9.92. The smallest absolute Gasteiger partial charge is 0.312 e. The molecule has 3 amide bonds. The second-order valence-electron chi connectivity index (χ2n) is 6.86. The van der Waals surface area contributed by atoms with Crippen LogP contribution in [0, 0.1) is 5.82 Å². The number of carbonyl (C=O) groups excluding carboxylic acids is 3. The molecule has 0 saturated carbocycles. The molecule has 3 rings (SSSR count). The predicted octanol–water partition coefficient (Wildman–Crippen LogP) is 2.36. The lowest BCUT2D eigenvalue weighted by atomic mass is 10.2. The number of hydrogen-bond donors (Lipinski definition) is 1. The lowest BCUT2D eigenvalue weighted by molar-refractivity contribution is -0.147. The van der Waals surface area contributed by atoms with Gasteiger partial charge in [-0.2, -0.15) is 0 Å². The molecule has 148 valence electrons. The average molecular weight is 403 g/mol. The Morgan fingerprint density at radius 1 is 1.00 bits per heavy atom. The molecule has 8 heteroatoms. The van der Waals surface area contributed by atoms with Gasteiger partial charge in [0.1, 0.15) is 5.82 Å². The fourth-order valence-corrected chi connectivity index (χ4v) is 4.00. The predicted molar refractivity (Wildman–Crippen MR) is 105 cm³/mol. The Kier molecular flexibility index (Phi) is 6.08. The molecule has 1 aliphatic rings. The molecule has 1 aliphatic heterocycles. The number of benzene rings is 1. The minimum atomic E-state index is -0.623. The van der Waals surface area contributed by atoms with Gasteiger partial charge in [0.05, 0.1) is 4.88 Å². The molecule has 2 heterocycles. The van der Waals surface area contributed by atoms with Crippen LogP contribution < -0.4 is 5.32 Å². The van der Waals surface area contributed by atoms with E-state index in [9.17, 15) is 18.8 Å². The van der Waals surface area contributed by atoms with E-state index in [0.29, 0.717) is 41.5 Å². The average Bonchev–Trinajstić information content (AvgIpc) is 3.16. The maximum Gasteiger partial charge on any atom is 0.312 e. The van der Waals surface area contributed by atoms with E-state index in [1.165, 1.54) is 22.3 Å². The molecule has 0 aliphatic carbocycles. The van der Waals surface area contributed by atoms with Gasteiger partial charge < -0.3 is 15.1 Å². The Hall–Kier alpha value is -2.74. The van der Waals surface area contributed by atoms with Gasteiger partial charge in [0.15, 0.2) is 0 Å². The molecule has 1 aromatic heterocycles. The quantitative estimate of drug-likeness (QED) is 0.800. The van der Waals surface area contributed by atoms with Crippen molar-refractivity contribution in [3.05, 3.63) is 47.1 Å². The van der Waals surface area contributed by atoms with Gasteiger partial charge in [-0.3, -0.25) is 14.4 Å². The van der Waals surface area contributed by atoms with Crippen LogP contribution >= 0.6 is 11.3 Å². The molecular formula is C20H22FN3O3S. The molecule has 0 bridgehead atoms. The number of nitrogens with one attached hydrogen (secondary N) is 1. The fraction of sp³-hybridized carbons (Fsp3) is 0.350. The summed E-state index contributed by atoms with van der Waals surface area (Å²) < 4.78 is 13.9. The van der Waals surface area contributed by atoms with E-state index in [0.717, 1.165) is 0 Å². The van der Waals surface area contributed by atoms with Crippen LogP contribution in [-0.4, -0.2) is 59.7 Å². The maximum atomic E-state index is 13.9. The minimum absolute atomic E-state index is 0.109. The van der Waals surface area contributed by atoms with Gasteiger partial charge in [0, 0.05) is 42.7 Å². The van der Waals surface area contributed by atoms with Gasteiger partial charge in [-0.15, -0.1) is 11.3 Å². The summed E-state index contributed by atoms with van der Waals surface area (Å²) >= 11 is 1.24. The molecule has 0 atom stereocenters. The van der Waals surface area contributed by atoms with Gasteiger partial charge in [0.2, 0.25) is 0 Å². The summed E-state index contributed by atoms with van der Waals surface area (Å²) in [7, 11) is 0. The molecule has 0 spiro atoms. The van der Waals surface area contributed by atoms with Crippen LogP contribution in [0.15, 0.2) is 36.4 Å². The van der Waals surface area contributed by atoms with Gasteiger partial charge in [0.25, 0.3) is 5.91 Å². The van der Waals surface area contributed by atoms with Crippen molar-refractivity contribution in [2.24, 2.45) is 0 Å². The summed E-state index contributed by atoms with van der Waals surface area (Å²) in [6.07, 6.45) is 0. The van der Waals surface area contributed by atoms with Gasteiger partial charge in [-0.05, 0) is 32.0 Å². The largest absolute Gasteiger partial charge is 0.346 e. The monoisotopic (exact) mass is 403 g/mol. The molecule has 0 unspecified atom stereocenters. The highest BCUT2D eigenvalue weighted by Crippen LogP contribution is 2.30. The first-order valence-electron chi connectivity index (χ1n) is 9.10. The minimum Gasteiger partial charge on any atom is -0.346 e. The maximum absolute atomic E-state index is 13.9. The van der Waals surface area contributed by atoms with Gasteiger partial charge in [-0.1, -0.05) is 18.2 Å². The number of nitrogens with zero attached hydrogens (tertiary/aromatic N) is 2. The fourth-order valence-electron chi connectivity index (χ4n) is 2.99. The van der Waals surface area contributed by atoms with Crippen molar-refractivity contribution in [3.63, 3.8) is 0 Å². The zero-order chi connectivity index (χ0) is 20.3. The van der Waals surface area contributed by atoms with Crippen LogP contribution in [-0.2, 0) is 9.59 Å². The van der Waals surface area contributed by atoms with Crippen molar-refractivity contribution in [2.75, 3.05) is 26.2 Å². The number of rotatable bonds is 3. The third-order valence-electron chi connectivity index (χ3n) is 4.42. The normalized spacial score (nSPS) is 14.3. The van der Waals surface area contributed by atoms with Crippen molar-refractivity contribution in [2.45, 2.75) is 19.9 Å². The van der Waals surface area contributed by atoms with Crippen molar-refractivity contribution < 1.29 is 18.8 Å². The van der Waals surface area contributed by atoms with Crippen LogP contribution in [0.5, 0.6) is 0 Å². The summed E-state index contributed by atoms with van der Waals surface area (Å²) in [5.41, 5.74) is 0.470. The number of hydrogen-bond acceptors (Lipinski definition) is 4. The Morgan fingerprint density at radius 3 is 2.29 bits per heavy atom. The van der Waals surface area contributed by atoms with Crippen LogP contribution in [0.1, 0.15) is 23.5 Å². The number of piperazine rings is 1. The zero-order valence-electron chi connectivity index (χ0n) is 15.8. The standard InChI is InChI=1S/C20H22FN3O3S/c1-13(2)22-18(25)20(27)24-11-9-23(10-12-24)19(26)17-8-7-16(28-17)14-5-3-4-6-15(14)21/h3-8,13H,9-12H2,1-2H3,(H,22,25). The lowest BCUT2D eigenvalue weighted by Crippen LogP contribution is -2.54. The summed E-state index contributed by atoms with van der Waals surface area (Å²) in [6, 6.07) is 9.78. The van der Waals surface area contributed by atoms with Crippen molar-refractivity contribution >= 4 is 29.1 Å². The van der Waals surface area contributed by atoms with Crippen molar-refractivity contribution in [1.82, 2.24) is 15.1 Å². The summed E-state index contributed by atoms with van der Waals surface area (Å²) in [6.45, 7) is 4.90. The number of carbonyl (C=O) groups is 3. The number of thiophene rings is 1. The van der Waals surface area contributed by atoms with Crippen LogP contribution in [0.4, 0.5) is 4.39 Å². The first-order chi connectivity index (χ1) is 13.4. The molecule has 1 saturated heterocycles. The Morgan fingerprint density at radius 2 is 1.64 bits per heavy atom. The summed E-state index contributed by atoms with van der Waals surface area (Å²) in [5, 5.41) is 2.58. The third-order valence-corrected chi connectivity index (χ3v) is 5.53. The molecular weight excluding hydrogens is 381 g/mol. The number of halogens is 1. The Labute approximate surface area is 166 Å². The topological polar surface area (TPSA) is 69.7 Å². The Balaban J connectivity index is 1.61. The van der Waals surface area contributed by atoms with E-state index in [2.05, 4.69) is 5.32 Å². The molecule has 6 nitrogen and oxygen atoms in total. The van der Waals surface area contributed by atoms with E-state index < -0.39 is 11.8 Å². The molecule has 28 heavy (non-hydrogen) atoms. The van der Waals surface area contributed by atoms with Crippen molar-refractivity contribution in [1.29, 1.82) is 0 Å². The van der Waals surface area contributed by atoms with Crippen molar-refractivity contribution in [3.8, 4) is 10.4 Å². The van der Waals surface area contributed by atoms with E-state index in [1.807, 2.05) is 0 Å². The highest BCUT2D eigenvalue weighted by atomic mass is 32.1. The highest BCUT2D eigenvalue weighted by molar-refractivity contribution is 7.17. The van der Waals surface area contributed by atoms with E-state index in [4.69, 9.17) is 0 Å². The van der Waals surface area contributed by atoms with E-state index >= 15 is 0 Å². The second kappa shape index (κ2) is 8.52. The Bertz CT molecular complexity index is 888. The van der Waals surface area contributed by atoms with Crippen LogP contribution in [0.25, 0.3) is 10.4 Å². The van der Waals surface area contributed by atoms with E-state index in [-0.39, 0.29) is 17.8 Å². The SMILES string of the molecule is CC(C)NC(=O)C(=O)N1CCN(C(=O)c2ccc(-c3ccccc3F)s2)CC1. The third kappa shape index (κ3) is 4.39. The second-order valence-corrected chi connectivity index (χ2v) is 7.94. The van der Waals surface area contributed by atoms with Crippen LogP contribution in [0.2, 0.25) is 0 Å². The van der Waals surface area contributed by atoms with E-state index in [1.54, 1.807) is 49.1 Å². The summed E-state index contributed by atoms with van der Waals surface area (Å²) in [5.74, 6) is -1.66.